The van der Waals surface area contributed by atoms with E-state index in [4.69, 9.17) is 5.11 Å². The van der Waals surface area contributed by atoms with Gasteiger partial charge in [-0.25, -0.2) is 4.68 Å². The molecule has 1 aromatic heterocycles. The maximum atomic E-state index is 12.6. The van der Waals surface area contributed by atoms with Gasteiger partial charge in [-0.1, -0.05) is 39.0 Å². The van der Waals surface area contributed by atoms with E-state index in [-0.39, 0.29) is 17.9 Å². The third-order valence-corrected chi connectivity index (χ3v) is 3.39. The van der Waals surface area contributed by atoms with Gasteiger partial charge >= 0.3 is 5.97 Å². The van der Waals surface area contributed by atoms with E-state index in [9.17, 15) is 9.59 Å². The Balaban J connectivity index is 2.47. The zero-order chi connectivity index (χ0) is 17.2. The maximum absolute atomic E-state index is 12.6. The quantitative estimate of drug-likeness (QED) is 0.939. The lowest BCUT2D eigenvalue weighted by atomic mass is 9.89. The van der Waals surface area contributed by atoms with E-state index >= 15 is 0 Å². The number of aliphatic carboxylic acids is 1. The largest absolute Gasteiger partial charge is 0.480 e. The van der Waals surface area contributed by atoms with E-state index in [1.54, 1.807) is 10.9 Å². The highest BCUT2D eigenvalue weighted by Crippen LogP contribution is 2.26. The summed E-state index contributed by atoms with van der Waals surface area (Å²) in [6, 6.07) is 9.49. The van der Waals surface area contributed by atoms with E-state index in [1.165, 1.54) is 11.9 Å². The van der Waals surface area contributed by atoms with Crippen molar-refractivity contribution in [3.63, 3.8) is 0 Å². The van der Waals surface area contributed by atoms with Gasteiger partial charge in [0, 0.05) is 18.7 Å². The lowest BCUT2D eigenvalue weighted by molar-refractivity contribution is -0.137. The maximum Gasteiger partial charge on any atom is 0.323 e. The number of likely N-dealkylation sites (N-methyl/N-ethyl adjacent to an activating group) is 1. The molecular formula is C17H21N3O3. The van der Waals surface area contributed by atoms with Crippen molar-refractivity contribution in [1.29, 1.82) is 0 Å². The fraction of sp³-hybridized carbons (Fsp3) is 0.353. The van der Waals surface area contributed by atoms with Crippen molar-refractivity contribution in [2.24, 2.45) is 0 Å². The Bertz CT molecular complexity index is 714. The number of carbonyl (C=O) groups excluding carboxylic acids is 1. The Morgan fingerprint density at radius 2 is 1.83 bits per heavy atom. The van der Waals surface area contributed by atoms with Crippen LogP contribution in [0.15, 0.2) is 36.5 Å². The van der Waals surface area contributed by atoms with E-state index in [1.807, 2.05) is 51.1 Å². The van der Waals surface area contributed by atoms with E-state index in [0.717, 1.165) is 5.69 Å². The molecule has 0 saturated heterocycles. The number of aromatic nitrogens is 2. The topological polar surface area (TPSA) is 75.4 Å². The summed E-state index contributed by atoms with van der Waals surface area (Å²) < 4.78 is 1.66. The molecule has 2 rings (SSSR count). The first kappa shape index (κ1) is 16.7. The second-order valence-electron chi connectivity index (χ2n) is 6.48. The molecular weight excluding hydrogens is 294 g/mol. The fourth-order valence-electron chi connectivity index (χ4n) is 2.28. The molecule has 0 bridgehead atoms. The van der Waals surface area contributed by atoms with Gasteiger partial charge in [-0.05, 0) is 12.1 Å². The molecule has 1 aromatic carbocycles. The summed E-state index contributed by atoms with van der Waals surface area (Å²) in [4.78, 5) is 24.6. The van der Waals surface area contributed by atoms with Crippen molar-refractivity contribution >= 4 is 11.9 Å². The third kappa shape index (κ3) is 3.77. The molecule has 23 heavy (non-hydrogen) atoms. The van der Waals surface area contributed by atoms with E-state index in [0.29, 0.717) is 11.3 Å². The van der Waals surface area contributed by atoms with Gasteiger partial charge in [0.25, 0.3) is 5.91 Å². The van der Waals surface area contributed by atoms with Crippen LogP contribution in [0.25, 0.3) is 5.69 Å². The lowest BCUT2D eigenvalue weighted by Crippen LogP contribution is -2.33. The van der Waals surface area contributed by atoms with Gasteiger partial charge in [0.15, 0.2) is 0 Å². The second kappa shape index (κ2) is 6.24. The highest BCUT2D eigenvalue weighted by atomic mass is 16.4. The van der Waals surface area contributed by atoms with Crippen LogP contribution < -0.4 is 0 Å². The zero-order valence-electron chi connectivity index (χ0n) is 13.8. The second-order valence-corrected chi connectivity index (χ2v) is 6.48. The first-order chi connectivity index (χ1) is 10.7. The smallest absolute Gasteiger partial charge is 0.323 e. The summed E-state index contributed by atoms with van der Waals surface area (Å²) in [5.41, 5.74) is 1.57. The van der Waals surface area contributed by atoms with Crippen molar-refractivity contribution in [3.8, 4) is 5.69 Å². The summed E-state index contributed by atoms with van der Waals surface area (Å²) in [6.07, 6.45) is 1.66. The fourth-order valence-corrected chi connectivity index (χ4v) is 2.28. The molecule has 6 heteroatoms. The molecule has 1 N–H and O–H groups in total. The number of benzene rings is 1. The number of amides is 1. The normalized spacial score (nSPS) is 11.3. The molecule has 1 heterocycles. The van der Waals surface area contributed by atoms with Crippen LogP contribution in [0.5, 0.6) is 0 Å². The predicted octanol–water partition coefficient (Wildman–Crippen LogP) is 2.33. The van der Waals surface area contributed by atoms with Crippen molar-refractivity contribution in [2.75, 3.05) is 13.6 Å². The molecule has 0 radical (unpaired) electrons. The van der Waals surface area contributed by atoms with Gasteiger partial charge in [-0.2, -0.15) is 5.10 Å². The van der Waals surface area contributed by atoms with Crippen molar-refractivity contribution < 1.29 is 14.7 Å². The van der Waals surface area contributed by atoms with Crippen LogP contribution in [0, 0.1) is 0 Å². The Labute approximate surface area is 135 Å². The van der Waals surface area contributed by atoms with Crippen LogP contribution >= 0.6 is 0 Å². The van der Waals surface area contributed by atoms with Crippen molar-refractivity contribution in [3.05, 3.63) is 47.8 Å². The zero-order valence-corrected chi connectivity index (χ0v) is 13.8. The Morgan fingerprint density at radius 1 is 1.22 bits per heavy atom. The van der Waals surface area contributed by atoms with Crippen LogP contribution in [0.1, 0.15) is 36.8 Å². The molecule has 0 aliphatic carbocycles. The molecule has 0 spiro atoms. The SMILES string of the molecule is CN(CC(=O)O)C(=O)c1cn(-c2ccccc2)nc1C(C)(C)C. The van der Waals surface area contributed by atoms with Gasteiger partial charge in [-0.15, -0.1) is 0 Å². The van der Waals surface area contributed by atoms with Crippen LogP contribution in [-0.2, 0) is 10.2 Å². The van der Waals surface area contributed by atoms with Crippen LogP contribution in [0.2, 0.25) is 0 Å². The summed E-state index contributed by atoms with van der Waals surface area (Å²) in [5, 5.41) is 13.4. The number of hydrogen-bond acceptors (Lipinski definition) is 3. The number of carbonyl (C=O) groups is 2. The number of carboxylic acid groups (broad SMARTS) is 1. The molecule has 2 aromatic rings. The highest BCUT2D eigenvalue weighted by Gasteiger charge is 2.28. The molecule has 122 valence electrons. The van der Waals surface area contributed by atoms with Gasteiger partial charge in [0.1, 0.15) is 6.54 Å². The molecule has 0 aliphatic rings. The average Bonchev–Trinajstić information content (AvgIpc) is 2.92. The monoisotopic (exact) mass is 315 g/mol. The van der Waals surface area contributed by atoms with E-state index in [2.05, 4.69) is 5.10 Å². The Kier molecular flexibility index (Phi) is 4.54. The summed E-state index contributed by atoms with van der Waals surface area (Å²) in [5.74, 6) is -1.40. The average molecular weight is 315 g/mol. The molecule has 0 atom stereocenters. The van der Waals surface area contributed by atoms with Crippen LogP contribution in [0.4, 0.5) is 0 Å². The molecule has 1 amide bonds. The molecule has 0 aliphatic heterocycles. The number of para-hydroxylation sites is 1. The minimum Gasteiger partial charge on any atom is -0.480 e. The molecule has 0 unspecified atom stereocenters. The van der Waals surface area contributed by atoms with Gasteiger partial charge < -0.3 is 10.0 Å². The van der Waals surface area contributed by atoms with Crippen LogP contribution in [-0.4, -0.2) is 45.3 Å². The molecule has 0 saturated carbocycles. The first-order valence-electron chi connectivity index (χ1n) is 7.33. The van der Waals surface area contributed by atoms with E-state index < -0.39 is 5.97 Å². The summed E-state index contributed by atoms with van der Waals surface area (Å²) in [7, 11) is 1.47. The van der Waals surface area contributed by atoms with Crippen molar-refractivity contribution in [2.45, 2.75) is 26.2 Å². The molecule has 6 nitrogen and oxygen atoms in total. The summed E-state index contributed by atoms with van der Waals surface area (Å²) >= 11 is 0. The first-order valence-corrected chi connectivity index (χ1v) is 7.33. The highest BCUT2D eigenvalue weighted by molar-refractivity contribution is 5.96. The lowest BCUT2D eigenvalue weighted by Gasteiger charge is -2.19. The standard InChI is InChI=1S/C17H21N3O3/c1-17(2,3)15-13(16(23)19(4)11-14(21)22)10-20(18-15)12-8-6-5-7-9-12/h5-10H,11H2,1-4H3,(H,21,22). The number of hydrogen-bond donors (Lipinski definition) is 1. The Hall–Kier alpha value is -2.63. The number of nitrogens with zero attached hydrogens (tertiary/aromatic N) is 3. The molecule has 0 fully saturated rings. The summed E-state index contributed by atoms with van der Waals surface area (Å²) in [6.45, 7) is 5.56. The Morgan fingerprint density at radius 3 is 2.35 bits per heavy atom. The van der Waals surface area contributed by atoms with Gasteiger partial charge in [-0.3, -0.25) is 9.59 Å². The van der Waals surface area contributed by atoms with Gasteiger partial charge in [0.05, 0.1) is 16.9 Å². The minimum atomic E-state index is -1.05. The van der Waals surface area contributed by atoms with Crippen molar-refractivity contribution in [1.82, 2.24) is 14.7 Å². The predicted molar refractivity (Wildman–Crippen MR) is 86.9 cm³/mol. The number of carboxylic acids is 1. The minimum absolute atomic E-state index is 0.338. The third-order valence-electron chi connectivity index (χ3n) is 3.39. The van der Waals surface area contributed by atoms with Gasteiger partial charge in [0.2, 0.25) is 0 Å². The van der Waals surface area contributed by atoms with Crippen LogP contribution in [0.3, 0.4) is 0 Å². The number of rotatable bonds is 4.